The lowest BCUT2D eigenvalue weighted by atomic mass is 10.2. The van der Waals surface area contributed by atoms with E-state index in [0.29, 0.717) is 5.69 Å². The van der Waals surface area contributed by atoms with E-state index in [1.807, 2.05) is 36.4 Å². The highest BCUT2D eigenvalue weighted by molar-refractivity contribution is 6.09. The molecule has 0 fully saturated rings. The fourth-order valence-electron chi connectivity index (χ4n) is 2.37. The van der Waals surface area contributed by atoms with Crippen molar-refractivity contribution in [3.63, 3.8) is 0 Å². The maximum Gasteiger partial charge on any atom is 0.339 e. The number of nitrogens with one attached hydrogen (secondary N) is 2. The summed E-state index contributed by atoms with van der Waals surface area (Å²) in [5, 5.41) is 19.0. The van der Waals surface area contributed by atoms with E-state index in [4.69, 9.17) is 5.11 Å². The topological polar surface area (TPSA) is 96.2 Å². The van der Waals surface area contributed by atoms with Crippen molar-refractivity contribution in [3.05, 3.63) is 72.1 Å². The van der Waals surface area contributed by atoms with E-state index >= 15 is 0 Å². The second kappa shape index (κ2) is 6.88. The number of aromatic carboxylic acids is 1. The molecule has 0 saturated carbocycles. The number of benzene rings is 2. The molecule has 3 N–H and O–H groups in total. The molecule has 126 valence electrons. The van der Waals surface area contributed by atoms with Crippen molar-refractivity contribution in [1.82, 2.24) is 9.78 Å². The Morgan fingerprint density at radius 2 is 1.68 bits per heavy atom. The van der Waals surface area contributed by atoms with Gasteiger partial charge < -0.3 is 15.7 Å². The molecule has 25 heavy (non-hydrogen) atoms. The van der Waals surface area contributed by atoms with E-state index in [-0.39, 0.29) is 11.3 Å². The van der Waals surface area contributed by atoms with Gasteiger partial charge in [0.15, 0.2) is 5.69 Å². The first-order valence-electron chi connectivity index (χ1n) is 7.53. The van der Waals surface area contributed by atoms with Crippen LogP contribution in [0.25, 0.3) is 0 Å². The summed E-state index contributed by atoms with van der Waals surface area (Å²) >= 11 is 0. The molecule has 1 amide bonds. The number of para-hydroxylation sites is 1. The van der Waals surface area contributed by atoms with Crippen molar-refractivity contribution in [2.75, 3.05) is 10.6 Å². The lowest BCUT2D eigenvalue weighted by molar-refractivity contribution is 0.0692. The number of nitrogens with zero attached hydrogens (tertiary/aromatic N) is 2. The minimum absolute atomic E-state index is 0.128. The molecule has 0 unspecified atom stereocenters. The Morgan fingerprint density at radius 1 is 1.00 bits per heavy atom. The summed E-state index contributed by atoms with van der Waals surface area (Å²) in [5.41, 5.74) is 1.98. The third kappa shape index (κ3) is 3.84. The summed E-state index contributed by atoms with van der Waals surface area (Å²) in [5.74, 6) is -1.77. The smallest absolute Gasteiger partial charge is 0.339 e. The number of rotatable bonds is 5. The van der Waals surface area contributed by atoms with Gasteiger partial charge in [0, 0.05) is 30.3 Å². The van der Waals surface area contributed by atoms with Gasteiger partial charge in [-0.2, -0.15) is 5.10 Å². The van der Waals surface area contributed by atoms with Crippen molar-refractivity contribution < 1.29 is 14.7 Å². The Labute approximate surface area is 143 Å². The highest BCUT2D eigenvalue weighted by atomic mass is 16.4. The molecule has 0 spiro atoms. The number of hydrogen-bond donors (Lipinski definition) is 3. The number of carbonyl (C=O) groups is 2. The lowest BCUT2D eigenvalue weighted by Crippen LogP contribution is -2.16. The summed E-state index contributed by atoms with van der Waals surface area (Å²) < 4.78 is 1.30. The Hall–Kier alpha value is -3.61. The molecule has 2 aromatic carbocycles. The van der Waals surface area contributed by atoms with E-state index in [1.165, 1.54) is 10.9 Å². The number of amides is 1. The van der Waals surface area contributed by atoms with Crippen LogP contribution in [0.4, 0.5) is 17.1 Å². The van der Waals surface area contributed by atoms with Gasteiger partial charge in [-0.15, -0.1) is 0 Å². The van der Waals surface area contributed by atoms with Crippen LogP contribution in [0.15, 0.2) is 60.8 Å². The van der Waals surface area contributed by atoms with Gasteiger partial charge in [0.25, 0.3) is 5.91 Å². The SMILES string of the molecule is Cn1cc(C(=O)O)c(C(=O)Nc2cccc(Nc3ccccc3)c2)n1. The van der Waals surface area contributed by atoms with Crippen molar-refractivity contribution in [3.8, 4) is 0 Å². The molecule has 0 aliphatic carbocycles. The van der Waals surface area contributed by atoms with E-state index in [1.54, 1.807) is 25.2 Å². The fraction of sp³-hybridized carbons (Fsp3) is 0.0556. The number of carboxylic acid groups (broad SMARTS) is 1. The maximum atomic E-state index is 12.4. The third-order valence-corrected chi connectivity index (χ3v) is 3.46. The molecule has 7 nitrogen and oxygen atoms in total. The van der Waals surface area contributed by atoms with Gasteiger partial charge in [0.05, 0.1) is 0 Å². The number of carboxylic acids is 1. The van der Waals surface area contributed by atoms with E-state index in [9.17, 15) is 9.59 Å². The van der Waals surface area contributed by atoms with Crippen LogP contribution in [-0.4, -0.2) is 26.8 Å². The molecule has 0 atom stereocenters. The molecule has 0 radical (unpaired) electrons. The van der Waals surface area contributed by atoms with Crippen molar-refractivity contribution in [2.24, 2.45) is 7.05 Å². The zero-order valence-electron chi connectivity index (χ0n) is 13.4. The van der Waals surface area contributed by atoms with Crippen LogP contribution in [0.5, 0.6) is 0 Å². The highest BCUT2D eigenvalue weighted by Crippen LogP contribution is 2.20. The van der Waals surface area contributed by atoms with Gasteiger partial charge in [-0.25, -0.2) is 4.79 Å². The molecular formula is C18H16N4O3. The number of hydrogen-bond acceptors (Lipinski definition) is 4. The Bertz CT molecular complexity index is 919. The van der Waals surface area contributed by atoms with Crippen LogP contribution >= 0.6 is 0 Å². The third-order valence-electron chi connectivity index (χ3n) is 3.46. The predicted molar refractivity (Wildman–Crippen MR) is 94.3 cm³/mol. The summed E-state index contributed by atoms with van der Waals surface area (Å²) in [6.45, 7) is 0. The molecule has 3 rings (SSSR count). The Morgan fingerprint density at radius 3 is 2.40 bits per heavy atom. The largest absolute Gasteiger partial charge is 0.478 e. The average molecular weight is 336 g/mol. The van der Waals surface area contributed by atoms with Gasteiger partial charge in [0.2, 0.25) is 0 Å². The first kappa shape index (κ1) is 16.3. The molecule has 0 saturated heterocycles. The summed E-state index contributed by atoms with van der Waals surface area (Å²) in [7, 11) is 1.56. The highest BCUT2D eigenvalue weighted by Gasteiger charge is 2.21. The molecular weight excluding hydrogens is 320 g/mol. The van der Waals surface area contributed by atoms with Gasteiger partial charge >= 0.3 is 5.97 Å². The second-order valence-corrected chi connectivity index (χ2v) is 5.40. The van der Waals surface area contributed by atoms with Gasteiger partial charge in [-0.3, -0.25) is 9.48 Å². The molecule has 7 heteroatoms. The normalized spacial score (nSPS) is 10.3. The van der Waals surface area contributed by atoms with Crippen LogP contribution in [-0.2, 0) is 7.05 Å². The number of carbonyl (C=O) groups excluding carboxylic acids is 1. The molecule has 0 bridgehead atoms. The molecule has 0 aliphatic rings. The van der Waals surface area contributed by atoms with E-state index < -0.39 is 11.9 Å². The van der Waals surface area contributed by atoms with Gasteiger partial charge in [-0.05, 0) is 30.3 Å². The Balaban J connectivity index is 1.78. The zero-order valence-corrected chi connectivity index (χ0v) is 13.4. The fourth-order valence-corrected chi connectivity index (χ4v) is 2.37. The lowest BCUT2D eigenvalue weighted by Gasteiger charge is -2.09. The van der Waals surface area contributed by atoms with Crippen molar-refractivity contribution in [2.45, 2.75) is 0 Å². The number of aromatic nitrogens is 2. The molecule has 3 aromatic rings. The standard InChI is InChI=1S/C18H16N4O3/c1-22-11-15(18(24)25)16(21-22)17(23)20-14-9-5-8-13(10-14)19-12-6-3-2-4-7-12/h2-11,19H,1H3,(H,20,23)(H,24,25). The van der Waals surface area contributed by atoms with Gasteiger partial charge in [0.1, 0.15) is 5.56 Å². The average Bonchev–Trinajstić information content (AvgIpc) is 2.98. The van der Waals surface area contributed by atoms with E-state index in [2.05, 4.69) is 15.7 Å². The predicted octanol–water partition coefficient (Wildman–Crippen LogP) is 3.11. The number of anilines is 3. The number of aryl methyl sites for hydroxylation is 1. The second-order valence-electron chi connectivity index (χ2n) is 5.40. The van der Waals surface area contributed by atoms with Crippen LogP contribution in [0.2, 0.25) is 0 Å². The summed E-state index contributed by atoms with van der Waals surface area (Å²) in [6, 6.07) is 16.8. The molecule has 0 aliphatic heterocycles. The summed E-state index contributed by atoms with van der Waals surface area (Å²) in [4.78, 5) is 23.6. The van der Waals surface area contributed by atoms with Crippen LogP contribution < -0.4 is 10.6 Å². The monoisotopic (exact) mass is 336 g/mol. The zero-order chi connectivity index (χ0) is 17.8. The maximum absolute atomic E-state index is 12.4. The Kier molecular flexibility index (Phi) is 4.47. The quantitative estimate of drug-likeness (QED) is 0.665. The van der Waals surface area contributed by atoms with E-state index in [0.717, 1.165) is 11.4 Å². The molecule has 1 heterocycles. The minimum Gasteiger partial charge on any atom is -0.478 e. The molecule has 1 aromatic heterocycles. The van der Waals surface area contributed by atoms with Crippen molar-refractivity contribution >= 4 is 28.9 Å². The first-order valence-corrected chi connectivity index (χ1v) is 7.53. The van der Waals surface area contributed by atoms with Crippen molar-refractivity contribution in [1.29, 1.82) is 0 Å². The first-order chi connectivity index (χ1) is 12.0. The van der Waals surface area contributed by atoms with Crippen LogP contribution in [0.1, 0.15) is 20.8 Å². The van der Waals surface area contributed by atoms with Crippen LogP contribution in [0.3, 0.4) is 0 Å². The minimum atomic E-state index is -1.20. The van der Waals surface area contributed by atoms with Gasteiger partial charge in [-0.1, -0.05) is 24.3 Å². The van der Waals surface area contributed by atoms with Crippen LogP contribution in [0, 0.1) is 0 Å². The summed E-state index contributed by atoms with van der Waals surface area (Å²) in [6.07, 6.45) is 1.30.